The smallest absolute Gasteiger partial charge is 0.0188 e. The first-order valence-corrected chi connectivity index (χ1v) is 5.78. The summed E-state index contributed by atoms with van der Waals surface area (Å²) in [4.78, 5) is 0. The zero-order valence-electron chi connectivity index (χ0n) is 9.72. The molecule has 0 saturated heterocycles. The zero-order chi connectivity index (χ0) is 10.4. The fourth-order valence-electron chi connectivity index (χ4n) is 2.21. The molecule has 14 heavy (non-hydrogen) atoms. The van der Waals surface area contributed by atoms with Gasteiger partial charge in [0, 0.05) is 0 Å². The van der Waals surface area contributed by atoms with Gasteiger partial charge in [-0.25, -0.2) is 0 Å². The summed E-state index contributed by atoms with van der Waals surface area (Å²) in [6, 6.07) is 0. The van der Waals surface area contributed by atoms with Gasteiger partial charge < -0.3 is 0 Å². The monoisotopic (exact) mass is 190 g/mol. The van der Waals surface area contributed by atoms with Gasteiger partial charge in [0.1, 0.15) is 0 Å². The highest BCUT2D eigenvalue weighted by Gasteiger charge is 2.13. The van der Waals surface area contributed by atoms with E-state index in [2.05, 4.69) is 45.1 Å². The molecule has 1 aliphatic rings. The lowest BCUT2D eigenvalue weighted by Crippen LogP contribution is -1.97. The number of hydrogen-bond donors (Lipinski definition) is 0. The summed E-state index contributed by atoms with van der Waals surface area (Å²) < 4.78 is 0. The Morgan fingerprint density at radius 3 is 2.43 bits per heavy atom. The molecule has 0 nitrogen and oxygen atoms in total. The molecule has 0 spiro atoms. The second kappa shape index (κ2) is 5.85. The van der Waals surface area contributed by atoms with Crippen LogP contribution >= 0.6 is 0 Å². The second-order valence-corrected chi connectivity index (χ2v) is 4.13. The number of allylic oxidation sites excluding steroid dienone is 6. The molecule has 1 atom stereocenters. The highest BCUT2D eigenvalue weighted by molar-refractivity contribution is 5.35. The molecule has 0 saturated carbocycles. The highest BCUT2D eigenvalue weighted by Crippen LogP contribution is 2.30. The van der Waals surface area contributed by atoms with Crippen LogP contribution in [0.2, 0.25) is 0 Å². The minimum Gasteiger partial charge on any atom is -0.0874 e. The van der Waals surface area contributed by atoms with Crippen LogP contribution in [-0.4, -0.2) is 0 Å². The van der Waals surface area contributed by atoms with Crippen molar-refractivity contribution in [2.75, 3.05) is 0 Å². The van der Waals surface area contributed by atoms with Gasteiger partial charge in [-0.1, -0.05) is 37.6 Å². The van der Waals surface area contributed by atoms with Gasteiger partial charge in [0.15, 0.2) is 0 Å². The van der Waals surface area contributed by atoms with E-state index in [1.807, 2.05) is 0 Å². The Morgan fingerprint density at radius 2 is 1.79 bits per heavy atom. The first-order chi connectivity index (χ1) is 6.79. The second-order valence-electron chi connectivity index (χ2n) is 4.13. The van der Waals surface area contributed by atoms with Crippen molar-refractivity contribution >= 4 is 0 Å². The summed E-state index contributed by atoms with van der Waals surface area (Å²) in [7, 11) is 0. The van der Waals surface area contributed by atoms with Gasteiger partial charge in [-0.05, 0) is 50.2 Å². The predicted molar refractivity (Wildman–Crippen MR) is 64.3 cm³/mol. The van der Waals surface area contributed by atoms with Crippen LogP contribution in [0.15, 0.2) is 35.5 Å². The van der Waals surface area contributed by atoms with Gasteiger partial charge in [0.05, 0.1) is 0 Å². The topological polar surface area (TPSA) is 0 Å². The van der Waals surface area contributed by atoms with Crippen molar-refractivity contribution in [2.45, 2.75) is 46.5 Å². The molecule has 0 heteroatoms. The third kappa shape index (κ3) is 2.87. The van der Waals surface area contributed by atoms with Crippen molar-refractivity contribution in [1.29, 1.82) is 0 Å². The average molecular weight is 190 g/mol. The third-order valence-electron chi connectivity index (χ3n) is 2.95. The van der Waals surface area contributed by atoms with Crippen LogP contribution in [0.5, 0.6) is 0 Å². The molecule has 0 aromatic heterocycles. The molecule has 0 aliphatic heterocycles. The molecule has 0 amide bonds. The molecule has 0 fully saturated rings. The van der Waals surface area contributed by atoms with Crippen LogP contribution in [0.4, 0.5) is 0 Å². The molecule has 1 aliphatic carbocycles. The van der Waals surface area contributed by atoms with Crippen molar-refractivity contribution in [3.05, 3.63) is 35.5 Å². The molecule has 0 aromatic carbocycles. The van der Waals surface area contributed by atoms with Gasteiger partial charge in [-0.3, -0.25) is 0 Å². The van der Waals surface area contributed by atoms with E-state index in [9.17, 15) is 0 Å². The summed E-state index contributed by atoms with van der Waals surface area (Å²) in [6.07, 6.45) is 14.3. The Balaban J connectivity index is 2.99. The van der Waals surface area contributed by atoms with E-state index in [1.165, 1.54) is 25.7 Å². The fourth-order valence-corrected chi connectivity index (χ4v) is 2.21. The Kier molecular flexibility index (Phi) is 4.72. The molecule has 78 valence electrons. The molecular weight excluding hydrogens is 168 g/mol. The van der Waals surface area contributed by atoms with Crippen LogP contribution in [0.3, 0.4) is 0 Å². The predicted octanol–water partition coefficient (Wildman–Crippen LogP) is 4.65. The summed E-state index contributed by atoms with van der Waals surface area (Å²) >= 11 is 0. The molecule has 1 unspecified atom stereocenters. The van der Waals surface area contributed by atoms with Gasteiger partial charge in [0.25, 0.3) is 0 Å². The van der Waals surface area contributed by atoms with Crippen LogP contribution in [0, 0.1) is 5.92 Å². The maximum Gasteiger partial charge on any atom is -0.0188 e. The molecule has 0 radical (unpaired) electrons. The molecular formula is C14H22. The van der Waals surface area contributed by atoms with Crippen molar-refractivity contribution < 1.29 is 0 Å². The van der Waals surface area contributed by atoms with Crippen LogP contribution < -0.4 is 0 Å². The highest BCUT2D eigenvalue weighted by atomic mass is 14.2. The summed E-state index contributed by atoms with van der Waals surface area (Å²) in [5, 5.41) is 0. The SMILES string of the molecule is C/C=C\C1=C(/C=C\C)C(C)CCCC1. The van der Waals surface area contributed by atoms with Crippen molar-refractivity contribution in [1.82, 2.24) is 0 Å². The minimum atomic E-state index is 0.736. The van der Waals surface area contributed by atoms with Crippen molar-refractivity contribution in [3.8, 4) is 0 Å². The maximum atomic E-state index is 2.35. The molecule has 0 N–H and O–H groups in total. The Morgan fingerprint density at radius 1 is 1.07 bits per heavy atom. The van der Waals surface area contributed by atoms with Crippen molar-refractivity contribution in [3.63, 3.8) is 0 Å². The normalized spacial score (nSPS) is 24.9. The Hall–Kier alpha value is -0.780. The van der Waals surface area contributed by atoms with Crippen LogP contribution in [-0.2, 0) is 0 Å². The summed E-state index contributed by atoms with van der Waals surface area (Å²) in [5.41, 5.74) is 3.11. The zero-order valence-corrected chi connectivity index (χ0v) is 9.72. The summed E-state index contributed by atoms with van der Waals surface area (Å²) in [6.45, 7) is 6.57. The molecule has 0 aromatic rings. The lowest BCUT2D eigenvalue weighted by atomic mass is 9.93. The van der Waals surface area contributed by atoms with E-state index in [0.717, 1.165) is 5.92 Å². The van der Waals surface area contributed by atoms with Gasteiger partial charge in [-0.2, -0.15) is 0 Å². The van der Waals surface area contributed by atoms with Gasteiger partial charge in [0.2, 0.25) is 0 Å². The lowest BCUT2D eigenvalue weighted by molar-refractivity contribution is 0.591. The Labute approximate surface area is 88.4 Å². The quantitative estimate of drug-likeness (QED) is 0.595. The van der Waals surface area contributed by atoms with E-state index in [-0.39, 0.29) is 0 Å². The van der Waals surface area contributed by atoms with Crippen molar-refractivity contribution in [2.24, 2.45) is 5.92 Å². The van der Waals surface area contributed by atoms with E-state index in [4.69, 9.17) is 0 Å². The Bertz CT molecular complexity index is 253. The third-order valence-corrected chi connectivity index (χ3v) is 2.95. The van der Waals surface area contributed by atoms with E-state index in [1.54, 1.807) is 11.1 Å². The first kappa shape index (κ1) is 11.3. The number of rotatable bonds is 2. The fraction of sp³-hybridized carbons (Fsp3) is 0.571. The van der Waals surface area contributed by atoms with Gasteiger partial charge in [-0.15, -0.1) is 0 Å². The molecule has 0 bridgehead atoms. The first-order valence-electron chi connectivity index (χ1n) is 5.78. The average Bonchev–Trinajstić information content (AvgIpc) is 2.33. The molecule has 0 heterocycles. The van der Waals surface area contributed by atoms with Crippen LogP contribution in [0.25, 0.3) is 0 Å². The largest absolute Gasteiger partial charge is 0.0874 e. The molecule has 1 rings (SSSR count). The van der Waals surface area contributed by atoms with E-state index in [0.29, 0.717) is 0 Å². The standard InChI is InChI=1S/C14H22/c1-4-8-13-11-7-6-10-12(3)14(13)9-5-2/h4-5,8-9,12H,6-7,10-11H2,1-3H3/b8-4-,9-5-. The van der Waals surface area contributed by atoms with Crippen LogP contribution in [0.1, 0.15) is 46.5 Å². The lowest BCUT2D eigenvalue weighted by Gasteiger charge is -2.12. The maximum absolute atomic E-state index is 2.35. The number of hydrogen-bond acceptors (Lipinski definition) is 0. The van der Waals surface area contributed by atoms with E-state index < -0.39 is 0 Å². The van der Waals surface area contributed by atoms with E-state index >= 15 is 0 Å². The van der Waals surface area contributed by atoms with Gasteiger partial charge >= 0.3 is 0 Å². The minimum absolute atomic E-state index is 0.736. The summed E-state index contributed by atoms with van der Waals surface area (Å²) in [5.74, 6) is 0.736.